The van der Waals surface area contributed by atoms with Crippen molar-refractivity contribution in [1.82, 2.24) is 15.1 Å². The van der Waals surface area contributed by atoms with E-state index in [4.69, 9.17) is 5.73 Å². The van der Waals surface area contributed by atoms with Gasteiger partial charge in [0, 0.05) is 48.5 Å². The minimum Gasteiger partial charge on any atom is -0.477 e. The van der Waals surface area contributed by atoms with Gasteiger partial charge in [-0.25, -0.2) is 4.79 Å². The normalized spacial score (nSPS) is 32.5. The van der Waals surface area contributed by atoms with Crippen molar-refractivity contribution in [2.24, 2.45) is 29.4 Å². The molecule has 198 valence electrons. The van der Waals surface area contributed by atoms with Gasteiger partial charge in [0.15, 0.2) is 0 Å². The predicted octanol–water partition coefficient (Wildman–Crippen LogP) is 0.605. The monoisotopic (exact) mass is 520 g/mol. The van der Waals surface area contributed by atoms with Crippen LogP contribution in [0.1, 0.15) is 46.5 Å². The number of ketones is 2. The van der Waals surface area contributed by atoms with Gasteiger partial charge in [0.25, 0.3) is 0 Å². The third-order valence-corrected chi connectivity index (χ3v) is 9.55. The van der Waals surface area contributed by atoms with Crippen molar-refractivity contribution in [2.45, 2.75) is 63.8 Å². The number of thioether (sulfide) groups is 1. The molecule has 0 aromatic carbocycles. The molecule has 0 bridgehead atoms. The lowest BCUT2D eigenvalue weighted by atomic mass is 9.73. The fourth-order valence-electron chi connectivity index (χ4n) is 6.33. The van der Waals surface area contributed by atoms with Gasteiger partial charge >= 0.3 is 5.97 Å². The van der Waals surface area contributed by atoms with Crippen molar-refractivity contribution >= 4 is 41.1 Å². The second kappa shape index (κ2) is 10.6. The van der Waals surface area contributed by atoms with Gasteiger partial charge in [0.2, 0.25) is 11.8 Å². The van der Waals surface area contributed by atoms with Crippen LogP contribution in [0.25, 0.3) is 0 Å². The number of carbonyl (C=O) groups excluding carboxylic acids is 4. The molecule has 36 heavy (non-hydrogen) atoms. The molecule has 4 heterocycles. The van der Waals surface area contributed by atoms with Crippen LogP contribution in [0.5, 0.6) is 0 Å². The number of nitrogens with two attached hydrogens (primary N) is 1. The molecule has 0 aromatic heterocycles. The summed E-state index contributed by atoms with van der Waals surface area (Å²) in [5.74, 6) is -1.78. The van der Waals surface area contributed by atoms with Gasteiger partial charge in [-0.3, -0.25) is 14.4 Å². The molecule has 0 unspecified atom stereocenters. The molecule has 4 aliphatic rings. The average Bonchev–Trinajstić information content (AvgIpc) is 3.51. The van der Waals surface area contributed by atoms with Crippen LogP contribution in [0.4, 0.5) is 0 Å². The lowest BCUT2D eigenvalue weighted by Gasteiger charge is -2.47. The highest BCUT2D eigenvalue weighted by Gasteiger charge is 2.60. The minimum absolute atomic E-state index is 0.00450. The second-order valence-corrected chi connectivity index (χ2v) is 12.1. The third-order valence-electron chi connectivity index (χ3n) is 8.04. The van der Waals surface area contributed by atoms with E-state index in [1.807, 2.05) is 18.7 Å². The average molecular weight is 521 g/mol. The molecule has 11 heteroatoms. The van der Waals surface area contributed by atoms with E-state index in [2.05, 4.69) is 5.32 Å². The molecule has 3 saturated heterocycles. The van der Waals surface area contributed by atoms with Gasteiger partial charge in [-0.15, -0.1) is 11.8 Å². The van der Waals surface area contributed by atoms with Gasteiger partial charge in [-0.2, -0.15) is 0 Å². The maximum absolute atomic E-state index is 13.1. The molecule has 4 N–H and O–H groups in total. The van der Waals surface area contributed by atoms with Crippen molar-refractivity contribution in [3.8, 4) is 0 Å². The van der Waals surface area contributed by atoms with Gasteiger partial charge < -0.3 is 30.8 Å². The van der Waals surface area contributed by atoms with E-state index < -0.39 is 5.97 Å². The quantitative estimate of drug-likeness (QED) is 0.352. The smallest absolute Gasteiger partial charge is 0.353 e. The largest absolute Gasteiger partial charge is 0.477 e. The Labute approximate surface area is 215 Å². The van der Waals surface area contributed by atoms with E-state index in [0.717, 1.165) is 6.42 Å². The maximum Gasteiger partial charge on any atom is 0.353 e. The highest BCUT2D eigenvalue weighted by atomic mass is 32.2. The summed E-state index contributed by atoms with van der Waals surface area (Å²) in [6.07, 6.45) is 2.07. The molecule has 4 rings (SSSR count). The van der Waals surface area contributed by atoms with Crippen molar-refractivity contribution < 1.29 is 29.1 Å². The molecule has 2 amide bonds. The molecule has 0 radical (unpaired) electrons. The zero-order valence-corrected chi connectivity index (χ0v) is 21.9. The summed E-state index contributed by atoms with van der Waals surface area (Å²) in [5.41, 5.74) is 5.47. The van der Waals surface area contributed by atoms with Crippen LogP contribution >= 0.6 is 11.8 Å². The van der Waals surface area contributed by atoms with E-state index >= 15 is 0 Å². The number of carboxylic acid groups (broad SMARTS) is 1. The molecule has 10 nitrogen and oxygen atoms in total. The van der Waals surface area contributed by atoms with Crippen molar-refractivity contribution in [3.63, 3.8) is 0 Å². The fraction of sp³-hybridized carbons (Fsp3) is 0.720. The number of nitrogens with zero attached hydrogens (tertiary/aromatic N) is 2. The summed E-state index contributed by atoms with van der Waals surface area (Å²) in [6.45, 7) is 7.12. The summed E-state index contributed by atoms with van der Waals surface area (Å²) in [5, 5.41) is 13.2. The SMILES string of the molecule is CC(=O)C[C@H](C)[C@H]1C(=O)N2C(C(=O)O)=C(S[C@@H]3CN[C@H](C(=O)N4CC[C@H](CC(=O)CN)C4)C3)[C@H](C)[C@@H]12. The molecular formula is C25H36N4O6S. The second-order valence-electron chi connectivity index (χ2n) is 10.7. The minimum atomic E-state index is -1.12. The highest BCUT2D eigenvalue weighted by molar-refractivity contribution is 8.03. The van der Waals surface area contributed by atoms with E-state index in [1.54, 1.807) is 0 Å². The van der Waals surface area contributed by atoms with Crippen molar-refractivity contribution in [2.75, 3.05) is 26.2 Å². The molecule has 3 fully saturated rings. The lowest BCUT2D eigenvalue weighted by Crippen LogP contribution is -2.62. The topological polar surface area (TPSA) is 150 Å². The third kappa shape index (κ3) is 4.97. The maximum atomic E-state index is 13.1. The molecule has 0 spiro atoms. The van der Waals surface area contributed by atoms with Gasteiger partial charge in [-0.05, 0) is 31.6 Å². The first-order chi connectivity index (χ1) is 17.0. The fourth-order valence-corrected chi connectivity index (χ4v) is 7.81. The Bertz CT molecular complexity index is 999. The van der Waals surface area contributed by atoms with E-state index in [9.17, 15) is 29.1 Å². The molecule has 0 aromatic rings. The predicted molar refractivity (Wildman–Crippen MR) is 134 cm³/mol. The number of β-lactam (4-membered cyclic amide) rings is 1. The number of likely N-dealkylation sites (tertiary alicyclic amines) is 1. The molecule has 7 atom stereocenters. The first-order valence-corrected chi connectivity index (χ1v) is 13.6. The van der Waals surface area contributed by atoms with Crippen LogP contribution < -0.4 is 11.1 Å². The van der Waals surface area contributed by atoms with Crippen LogP contribution in [0, 0.1) is 23.7 Å². The number of aliphatic carboxylic acids is 1. The molecule has 4 aliphatic heterocycles. The van der Waals surface area contributed by atoms with E-state index in [-0.39, 0.29) is 76.6 Å². The van der Waals surface area contributed by atoms with Gasteiger partial charge in [0.1, 0.15) is 17.3 Å². The van der Waals surface area contributed by atoms with Crippen LogP contribution in [0.2, 0.25) is 0 Å². The van der Waals surface area contributed by atoms with E-state index in [1.165, 1.54) is 23.6 Å². The summed E-state index contributed by atoms with van der Waals surface area (Å²) in [4.78, 5) is 65.4. The van der Waals surface area contributed by atoms with Crippen LogP contribution in [-0.2, 0) is 24.0 Å². The Morgan fingerprint density at radius 2 is 2.00 bits per heavy atom. The van der Waals surface area contributed by atoms with Gasteiger partial charge in [-0.1, -0.05) is 13.8 Å². The summed E-state index contributed by atoms with van der Waals surface area (Å²) in [6, 6.07) is -0.593. The Morgan fingerprint density at radius 1 is 1.28 bits per heavy atom. The Kier molecular flexibility index (Phi) is 7.92. The van der Waals surface area contributed by atoms with Gasteiger partial charge in [0.05, 0.1) is 24.5 Å². The standard InChI is InChI=1S/C25H36N4O6S/c1-12(6-13(2)30)19-20-14(3)22(21(25(34)35)29(20)24(19)33)36-17-8-18(27-10-17)23(32)28-5-4-15(11-28)7-16(31)9-26/h12,14-15,17-20,27H,4-11,26H2,1-3H3,(H,34,35)/t12-,14+,15+,17-,18-,19+,20-/m0/s1. The van der Waals surface area contributed by atoms with Crippen LogP contribution in [0.15, 0.2) is 10.6 Å². The lowest BCUT2D eigenvalue weighted by molar-refractivity contribution is -0.160. The van der Waals surface area contributed by atoms with Crippen LogP contribution in [0.3, 0.4) is 0 Å². The Hall–Kier alpha value is -2.24. The summed E-state index contributed by atoms with van der Waals surface area (Å²) < 4.78 is 0. The van der Waals surface area contributed by atoms with Crippen molar-refractivity contribution in [1.29, 1.82) is 0 Å². The number of amides is 2. The Morgan fingerprint density at radius 3 is 2.64 bits per heavy atom. The zero-order valence-electron chi connectivity index (χ0n) is 21.1. The number of carbonyl (C=O) groups is 5. The highest BCUT2D eigenvalue weighted by Crippen LogP contribution is 2.53. The van der Waals surface area contributed by atoms with Crippen LogP contribution in [-0.4, -0.2) is 87.8 Å². The number of hydrogen-bond acceptors (Lipinski definition) is 8. The number of carboxylic acids is 1. The van der Waals surface area contributed by atoms with E-state index in [0.29, 0.717) is 43.8 Å². The number of hydrogen-bond donors (Lipinski definition) is 3. The van der Waals surface area contributed by atoms with Crippen molar-refractivity contribution in [3.05, 3.63) is 10.6 Å². The molecular weight excluding hydrogens is 484 g/mol. The number of fused-ring (bicyclic) bond motifs is 1. The molecule has 0 saturated carbocycles. The first kappa shape index (κ1) is 26.8. The number of nitrogens with one attached hydrogen (secondary N) is 1. The number of rotatable bonds is 10. The first-order valence-electron chi connectivity index (χ1n) is 12.7. The summed E-state index contributed by atoms with van der Waals surface area (Å²) in [7, 11) is 0. The summed E-state index contributed by atoms with van der Waals surface area (Å²) >= 11 is 1.46. The Balaban J connectivity index is 1.39. The number of Topliss-reactive ketones (excluding diaryl/α,β-unsaturated/α-hetero) is 2. The zero-order chi connectivity index (χ0) is 26.3. The molecule has 0 aliphatic carbocycles.